The lowest BCUT2D eigenvalue weighted by Crippen LogP contribution is -2.04. The van der Waals surface area contributed by atoms with Crippen molar-refractivity contribution in [2.24, 2.45) is 0 Å². The van der Waals surface area contributed by atoms with Gasteiger partial charge in [0.1, 0.15) is 0 Å². The molecule has 3 aliphatic carbocycles. The molecule has 0 radical (unpaired) electrons. The second kappa shape index (κ2) is 17.3. The maximum absolute atomic E-state index is 5.14. The lowest BCUT2D eigenvalue weighted by Gasteiger charge is -2.21. The number of allylic oxidation sites excluding steroid dienone is 9. The molecule has 14 rings (SSSR count). The zero-order chi connectivity index (χ0) is 46.8. The van der Waals surface area contributed by atoms with Crippen LogP contribution in [0.15, 0.2) is 212 Å². The molecular weight excluding hydrogens is 879 g/mol. The van der Waals surface area contributed by atoms with E-state index in [0.29, 0.717) is 17.6 Å². The Labute approximate surface area is 417 Å². The minimum Gasteiger partial charge on any atom is -0.209 e. The highest BCUT2D eigenvalue weighted by Gasteiger charge is 2.22. The van der Waals surface area contributed by atoms with Gasteiger partial charge in [-0.1, -0.05) is 194 Å². The van der Waals surface area contributed by atoms with Gasteiger partial charge in [-0.2, -0.15) is 0 Å². The van der Waals surface area contributed by atoms with E-state index in [1.165, 1.54) is 97.2 Å². The standard InChI is InChI=1S/C67H47N3S/c1-3-15-42(16-4-1)65-68-66(43-17-5-2-6-18-43)70-67(69-65)61-36-35-51(52-23-7-11-27-56(52)61)50-31-34-60-59-33-30-49(40-63(59)71-64(60)41-50)47-22-14-20-45(38-47)44-19-13-21-46(37-44)48-29-32-58-55-26-9-8-24-53(55)54-25-10-12-28-57(54)62(58)39-48/h1-5,7-17,19-29,31-32,34-36,38-41,44H,6,18,30,33,37H2. The number of rotatable bonds is 7. The Morgan fingerprint density at radius 3 is 1.83 bits per heavy atom. The van der Waals surface area contributed by atoms with E-state index in [9.17, 15) is 0 Å². The highest BCUT2D eigenvalue weighted by Crippen LogP contribution is 2.45. The van der Waals surface area contributed by atoms with Gasteiger partial charge >= 0.3 is 0 Å². The number of aryl methyl sites for hydroxylation is 1. The quantitative estimate of drug-likeness (QED) is 0.150. The molecule has 0 amide bonds. The first-order valence-electron chi connectivity index (χ1n) is 24.9. The van der Waals surface area contributed by atoms with Gasteiger partial charge in [0.25, 0.3) is 0 Å². The average Bonchev–Trinajstić information content (AvgIpc) is 3.82. The summed E-state index contributed by atoms with van der Waals surface area (Å²) in [5.41, 5.74) is 13.9. The van der Waals surface area contributed by atoms with Crippen molar-refractivity contribution < 1.29 is 0 Å². The van der Waals surface area contributed by atoms with Crippen LogP contribution >= 0.6 is 11.3 Å². The Hall–Kier alpha value is -8.31. The van der Waals surface area contributed by atoms with Crippen LogP contribution in [0.3, 0.4) is 0 Å². The predicted molar refractivity (Wildman–Crippen MR) is 301 cm³/mol. The fourth-order valence-corrected chi connectivity index (χ4v) is 12.8. The molecule has 3 aliphatic rings. The van der Waals surface area contributed by atoms with Crippen molar-refractivity contribution in [3.8, 4) is 33.9 Å². The molecule has 3 nitrogen and oxygen atoms in total. The molecular formula is C67H47N3S. The number of aromatic nitrogens is 3. The Kier molecular flexibility index (Phi) is 10.1. The lowest BCUT2D eigenvalue weighted by molar-refractivity contribution is 0.866. The summed E-state index contributed by atoms with van der Waals surface area (Å²) in [7, 11) is 0. The van der Waals surface area contributed by atoms with Gasteiger partial charge in [-0.15, -0.1) is 11.3 Å². The molecule has 336 valence electrons. The van der Waals surface area contributed by atoms with Gasteiger partial charge in [-0.3, -0.25) is 0 Å². The summed E-state index contributed by atoms with van der Waals surface area (Å²) in [6, 6.07) is 64.7. The molecule has 0 bridgehead atoms. The largest absolute Gasteiger partial charge is 0.209 e. The van der Waals surface area contributed by atoms with E-state index in [-0.39, 0.29) is 0 Å². The summed E-state index contributed by atoms with van der Waals surface area (Å²) >= 11 is 1.93. The second-order valence-corrected chi connectivity index (χ2v) is 20.3. The van der Waals surface area contributed by atoms with Gasteiger partial charge < -0.3 is 0 Å². The normalized spacial score (nSPS) is 15.6. The van der Waals surface area contributed by atoms with Crippen molar-refractivity contribution >= 4 is 87.3 Å². The van der Waals surface area contributed by atoms with E-state index < -0.39 is 0 Å². The number of benzene rings is 9. The Bertz CT molecular complexity index is 4110. The van der Waals surface area contributed by atoms with Gasteiger partial charge in [0.05, 0.1) is 0 Å². The fraction of sp³-hybridized carbons (Fsp3) is 0.0896. The molecule has 2 heterocycles. The van der Waals surface area contributed by atoms with Crippen LogP contribution in [0.4, 0.5) is 0 Å². The Morgan fingerprint density at radius 2 is 1.04 bits per heavy atom. The van der Waals surface area contributed by atoms with Crippen molar-refractivity contribution in [2.45, 2.75) is 38.0 Å². The van der Waals surface area contributed by atoms with E-state index in [0.717, 1.165) is 60.0 Å². The van der Waals surface area contributed by atoms with Crippen LogP contribution in [0.1, 0.15) is 64.6 Å². The van der Waals surface area contributed by atoms with E-state index in [1.54, 1.807) is 0 Å². The molecule has 0 saturated heterocycles. The minimum absolute atomic E-state index is 0.310. The van der Waals surface area contributed by atoms with E-state index in [4.69, 9.17) is 15.0 Å². The molecule has 0 saturated carbocycles. The molecule has 0 spiro atoms. The summed E-state index contributed by atoms with van der Waals surface area (Å²) in [6.45, 7) is 0. The third kappa shape index (κ3) is 7.37. The predicted octanol–water partition coefficient (Wildman–Crippen LogP) is 18.0. The fourth-order valence-electron chi connectivity index (χ4n) is 11.5. The number of hydrogen-bond donors (Lipinski definition) is 0. The van der Waals surface area contributed by atoms with Crippen LogP contribution in [0.5, 0.6) is 0 Å². The molecule has 71 heavy (non-hydrogen) atoms. The van der Waals surface area contributed by atoms with E-state index in [2.05, 4.69) is 200 Å². The van der Waals surface area contributed by atoms with Crippen molar-refractivity contribution in [2.75, 3.05) is 0 Å². The zero-order valence-electron chi connectivity index (χ0n) is 39.1. The molecule has 4 heteroatoms. The lowest BCUT2D eigenvalue weighted by atomic mass is 9.83. The second-order valence-electron chi connectivity index (χ2n) is 19.2. The number of fused-ring (bicyclic) bond motifs is 10. The third-order valence-electron chi connectivity index (χ3n) is 15.1. The van der Waals surface area contributed by atoms with Crippen LogP contribution in [0.25, 0.3) is 110 Å². The molecule has 1 atom stereocenters. The van der Waals surface area contributed by atoms with Crippen molar-refractivity contribution in [1.82, 2.24) is 15.0 Å². The van der Waals surface area contributed by atoms with Gasteiger partial charge in [-0.05, 0) is 155 Å². The van der Waals surface area contributed by atoms with Crippen molar-refractivity contribution in [3.63, 3.8) is 0 Å². The SMILES string of the molecule is C1=CCCC(c2nc(-c3ccccc3)nc(-c3ccc(-c4ccc5c6c(sc5c4)C=C(c4cccc(C5C=CC=C(c7ccc8c9ccccc9c9ccccc9c8c7)C5)c4)CC6)c4ccccc34)n2)=C1. The first kappa shape index (κ1) is 41.6. The summed E-state index contributed by atoms with van der Waals surface area (Å²) in [6.07, 6.45) is 20.8. The smallest absolute Gasteiger partial charge is 0.164 e. The van der Waals surface area contributed by atoms with E-state index in [1.807, 2.05) is 29.5 Å². The topological polar surface area (TPSA) is 38.7 Å². The van der Waals surface area contributed by atoms with Gasteiger partial charge in [0.15, 0.2) is 17.5 Å². The Morgan fingerprint density at radius 1 is 0.408 bits per heavy atom. The highest BCUT2D eigenvalue weighted by molar-refractivity contribution is 7.20. The van der Waals surface area contributed by atoms with Gasteiger partial charge in [0, 0.05) is 26.6 Å². The molecule has 0 fully saturated rings. The van der Waals surface area contributed by atoms with E-state index >= 15 is 0 Å². The van der Waals surface area contributed by atoms with Crippen molar-refractivity contribution in [3.05, 3.63) is 245 Å². The van der Waals surface area contributed by atoms with Crippen LogP contribution in [0.2, 0.25) is 0 Å². The molecule has 0 aliphatic heterocycles. The third-order valence-corrected chi connectivity index (χ3v) is 16.2. The summed E-state index contributed by atoms with van der Waals surface area (Å²) < 4.78 is 1.33. The number of nitrogens with zero attached hydrogens (tertiary/aromatic N) is 3. The molecule has 1 unspecified atom stereocenters. The first-order valence-corrected chi connectivity index (χ1v) is 25.8. The van der Waals surface area contributed by atoms with Crippen LogP contribution in [-0.4, -0.2) is 15.0 Å². The van der Waals surface area contributed by atoms with Gasteiger partial charge in [-0.25, -0.2) is 15.0 Å². The summed E-state index contributed by atoms with van der Waals surface area (Å²) in [5.74, 6) is 2.45. The van der Waals surface area contributed by atoms with Crippen molar-refractivity contribution in [1.29, 1.82) is 0 Å². The summed E-state index contributed by atoms with van der Waals surface area (Å²) in [4.78, 5) is 16.6. The first-order chi connectivity index (χ1) is 35.2. The Balaban J connectivity index is 0.759. The zero-order valence-corrected chi connectivity index (χ0v) is 40.0. The molecule has 11 aromatic rings. The maximum atomic E-state index is 5.14. The summed E-state index contributed by atoms with van der Waals surface area (Å²) in [5, 5.41) is 11.6. The minimum atomic E-state index is 0.310. The monoisotopic (exact) mass is 925 g/mol. The average molecular weight is 926 g/mol. The van der Waals surface area contributed by atoms with Gasteiger partial charge in [0.2, 0.25) is 0 Å². The van der Waals surface area contributed by atoms with Crippen LogP contribution in [-0.2, 0) is 6.42 Å². The highest BCUT2D eigenvalue weighted by atomic mass is 32.1. The molecule has 0 N–H and O–H groups in total. The number of hydrogen-bond acceptors (Lipinski definition) is 4. The molecule has 2 aromatic heterocycles. The number of thiophene rings is 1. The van der Waals surface area contributed by atoms with Crippen LogP contribution < -0.4 is 0 Å². The maximum Gasteiger partial charge on any atom is 0.164 e. The molecule has 9 aromatic carbocycles. The van der Waals surface area contributed by atoms with Crippen LogP contribution in [0, 0.1) is 0 Å².